The van der Waals surface area contributed by atoms with E-state index in [0.29, 0.717) is 23.3 Å². The molecule has 22 heavy (non-hydrogen) atoms. The molecule has 0 amide bonds. The molecule has 0 unspecified atom stereocenters. The van der Waals surface area contributed by atoms with E-state index in [0.717, 1.165) is 19.4 Å². The highest BCUT2D eigenvalue weighted by molar-refractivity contribution is 5.80. The van der Waals surface area contributed by atoms with Gasteiger partial charge in [0, 0.05) is 18.2 Å². The fourth-order valence-corrected chi connectivity index (χ4v) is 1.92. The Kier molecular flexibility index (Phi) is 5.80. The summed E-state index contributed by atoms with van der Waals surface area (Å²) in [5, 5.41) is 6.40. The summed E-state index contributed by atoms with van der Waals surface area (Å²) in [5.41, 5.74) is 0.549. The van der Waals surface area contributed by atoms with Crippen LogP contribution in [0.1, 0.15) is 25.3 Å². The molecular formula is C15H21F2N3O2. The van der Waals surface area contributed by atoms with Gasteiger partial charge in [-0.25, -0.2) is 4.99 Å². The lowest BCUT2D eigenvalue weighted by Crippen LogP contribution is -2.38. The van der Waals surface area contributed by atoms with Gasteiger partial charge in [-0.1, -0.05) is 0 Å². The minimum absolute atomic E-state index is 0.113. The number of benzene rings is 1. The van der Waals surface area contributed by atoms with Gasteiger partial charge in [0.05, 0.1) is 13.7 Å². The van der Waals surface area contributed by atoms with Crippen LogP contribution >= 0.6 is 0 Å². The van der Waals surface area contributed by atoms with Crippen LogP contribution in [0.5, 0.6) is 11.5 Å². The van der Waals surface area contributed by atoms with Crippen LogP contribution in [0.4, 0.5) is 8.78 Å². The van der Waals surface area contributed by atoms with Crippen molar-refractivity contribution in [1.82, 2.24) is 10.6 Å². The number of hydrogen-bond acceptors (Lipinski definition) is 3. The van der Waals surface area contributed by atoms with Crippen LogP contribution in [0.25, 0.3) is 0 Å². The van der Waals surface area contributed by atoms with Crippen LogP contribution in [-0.4, -0.2) is 32.3 Å². The van der Waals surface area contributed by atoms with E-state index in [1.165, 1.54) is 13.2 Å². The Labute approximate surface area is 128 Å². The topological polar surface area (TPSA) is 54.9 Å². The molecule has 0 bridgehead atoms. The summed E-state index contributed by atoms with van der Waals surface area (Å²) in [5.74, 6) is 1.37. The van der Waals surface area contributed by atoms with Gasteiger partial charge in [-0.3, -0.25) is 0 Å². The summed E-state index contributed by atoms with van der Waals surface area (Å²) in [7, 11) is 1.52. The first-order chi connectivity index (χ1) is 10.6. The molecule has 2 N–H and O–H groups in total. The molecule has 0 radical (unpaired) electrons. The zero-order valence-electron chi connectivity index (χ0n) is 12.7. The lowest BCUT2D eigenvalue weighted by molar-refractivity contribution is -0.0504. The van der Waals surface area contributed by atoms with Crippen LogP contribution in [0.3, 0.4) is 0 Å². The Morgan fingerprint density at radius 3 is 2.77 bits per heavy atom. The molecule has 0 heterocycles. The molecule has 1 aliphatic rings. The molecule has 1 aromatic carbocycles. The molecule has 0 aliphatic heterocycles. The zero-order chi connectivity index (χ0) is 15.9. The van der Waals surface area contributed by atoms with Crippen LogP contribution in [0, 0.1) is 0 Å². The third kappa shape index (κ3) is 5.05. The van der Waals surface area contributed by atoms with E-state index in [2.05, 4.69) is 20.4 Å². The Morgan fingerprint density at radius 2 is 2.18 bits per heavy atom. The van der Waals surface area contributed by atoms with Crippen molar-refractivity contribution in [2.24, 2.45) is 4.99 Å². The summed E-state index contributed by atoms with van der Waals surface area (Å²) in [4.78, 5) is 4.42. The maximum absolute atomic E-state index is 12.5. The van der Waals surface area contributed by atoms with E-state index >= 15 is 0 Å². The van der Waals surface area contributed by atoms with Crippen molar-refractivity contribution < 1.29 is 18.3 Å². The molecule has 0 saturated heterocycles. The van der Waals surface area contributed by atoms with Crippen molar-refractivity contribution in [3.63, 3.8) is 0 Å². The first-order valence-corrected chi connectivity index (χ1v) is 7.29. The summed E-state index contributed by atoms with van der Waals surface area (Å²) < 4.78 is 34.6. The molecule has 1 aliphatic carbocycles. The Bertz CT molecular complexity index is 520. The van der Waals surface area contributed by atoms with E-state index in [4.69, 9.17) is 4.74 Å². The van der Waals surface area contributed by atoms with E-state index in [-0.39, 0.29) is 12.3 Å². The van der Waals surface area contributed by atoms with Crippen molar-refractivity contribution in [2.75, 3.05) is 13.7 Å². The van der Waals surface area contributed by atoms with E-state index < -0.39 is 6.61 Å². The number of nitrogens with zero attached hydrogens (tertiary/aromatic N) is 1. The molecule has 0 spiro atoms. The molecule has 1 fully saturated rings. The number of guanidine groups is 1. The molecular weight excluding hydrogens is 292 g/mol. The third-order valence-corrected chi connectivity index (χ3v) is 3.15. The maximum atomic E-state index is 12.5. The third-order valence-electron chi connectivity index (χ3n) is 3.15. The molecule has 1 saturated carbocycles. The molecule has 0 aromatic heterocycles. The van der Waals surface area contributed by atoms with E-state index in [9.17, 15) is 8.78 Å². The van der Waals surface area contributed by atoms with Gasteiger partial charge in [0.1, 0.15) is 11.5 Å². The highest BCUT2D eigenvalue weighted by atomic mass is 19.3. The van der Waals surface area contributed by atoms with Gasteiger partial charge in [0.15, 0.2) is 5.96 Å². The van der Waals surface area contributed by atoms with Crippen molar-refractivity contribution in [3.8, 4) is 11.5 Å². The van der Waals surface area contributed by atoms with Crippen LogP contribution < -0.4 is 20.1 Å². The van der Waals surface area contributed by atoms with Gasteiger partial charge < -0.3 is 20.1 Å². The fourth-order valence-electron chi connectivity index (χ4n) is 1.92. The average molecular weight is 313 g/mol. The minimum atomic E-state index is -2.87. The highest BCUT2D eigenvalue weighted by Gasteiger charge is 2.22. The van der Waals surface area contributed by atoms with Crippen LogP contribution in [0.2, 0.25) is 0 Å². The SMILES string of the molecule is CCNC(=NCc1cc(OC)ccc1OC(F)F)NC1CC1. The predicted molar refractivity (Wildman–Crippen MR) is 80.6 cm³/mol. The second-order valence-corrected chi connectivity index (χ2v) is 4.97. The first-order valence-electron chi connectivity index (χ1n) is 7.29. The van der Waals surface area contributed by atoms with Crippen molar-refractivity contribution >= 4 is 5.96 Å². The lowest BCUT2D eigenvalue weighted by atomic mass is 10.2. The average Bonchev–Trinajstić information content (AvgIpc) is 3.29. The summed E-state index contributed by atoms with van der Waals surface area (Å²) >= 11 is 0. The lowest BCUT2D eigenvalue weighted by Gasteiger charge is -2.13. The van der Waals surface area contributed by atoms with E-state index in [1.807, 2.05) is 6.92 Å². The predicted octanol–water partition coefficient (Wildman–Crippen LogP) is 2.51. The normalized spacial score (nSPS) is 14.9. The van der Waals surface area contributed by atoms with Crippen LogP contribution in [0.15, 0.2) is 23.2 Å². The first kappa shape index (κ1) is 16.3. The molecule has 2 rings (SSSR count). The van der Waals surface area contributed by atoms with Gasteiger partial charge >= 0.3 is 6.61 Å². The molecule has 122 valence electrons. The largest absolute Gasteiger partial charge is 0.497 e. The molecule has 7 heteroatoms. The van der Waals surface area contributed by atoms with Gasteiger partial charge in [-0.05, 0) is 38.0 Å². The molecule has 5 nitrogen and oxygen atoms in total. The number of methoxy groups -OCH3 is 1. The number of halogens is 2. The van der Waals surface area contributed by atoms with Gasteiger partial charge in [-0.15, -0.1) is 0 Å². The summed E-state index contributed by atoms with van der Waals surface area (Å²) in [6.45, 7) is 0.0632. The Morgan fingerprint density at radius 1 is 1.41 bits per heavy atom. The second-order valence-electron chi connectivity index (χ2n) is 4.97. The van der Waals surface area contributed by atoms with Gasteiger partial charge in [0.2, 0.25) is 0 Å². The van der Waals surface area contributed by atoms with Crippen LogP contribution in [-0.2, 0) is 6.54 Å². The molecule has 1 aromatic rings. The van der Waals surface area contributed by atoms with Gasteiger partial charge in [-0.2, -0.15) is 8.78 Å². The monoisotopic (exact) mass is 313 g/mol. The number of nitrogens with one attached hydrogen (secondary N) is 2. The number of ether oxygens (including phenoxy) is 2. The Hall–Kier alpha value is -2.05. The zero-order valence-corrected chi connectivity index (χ0v) is 12.7. The highest BCUT2D eigenvalue weighted by Crippen LogP contribution is 2.26. The van der Waals surface area contributed by atoms with Crippen molar-refractivity contribution in [2.45, 2.75) is 39.0 Å². The summed E-state index contributed by atoms with van der Waals surface area (Å²) in [6, 6.07) is 5.16. The number of alkyl halides is 2. The quantitative estimate of drug-likeness (QED) is 0.600. The van der Waals surface area contributed by atoms with E-state index in [1.54, 1.807) is 12.1 Å². The van der Waals surface area contributed by atoms with Crippen molar-refractivity contribution in [1.29, 1.82) is 0 Å². The Balaban J connectivity index is 2.13. The molecule has 0 atom stereocenters. The van der Waals surface area contributed by atoms with Gasteiger partial charge in [0.25, 0.3) is 0 Å². The number of hydrogen-bond donors (Lipinski definition) is 2. The minimum Gasteiger partial charge on any atom is -0.497 e. The van der Waals surface area contributed by atoms with Crippen molar-refractivity contribution in [3.05, 3.63) is 23.8 Å². The standard InChI is InChI=1S/C15H21F2N3O2/c1-3-18-15(20-11-4-5-11)19-9-10-8-12(21-2)6-7-13(10)22-14(16)17/h6-8,11,14H,3-5,9H2,1-2H3,(H2,18,19,20). The second kappa shape index (κ2) is 7.82. The number of rotatable bonds is 7. The number of aliphatic imine (C=N–C) groups is 1. The summed E-state index contributed by atoms with van der Waals surface area (Å²) in [6.07, 6.45) is 2.26. The fraction of sp³-hybridized carbons (Fsp3) is 0.533. The maximum Gasteiger partial charge on any atom is 0.387 e. The smallest absolute Gasteiger partial charge is 0.387 e.